The summed E-state index contributed by atoms with van der Waals surface area (Å²) in [7, 11) is -5.34. The van der Waals surface area contributed by atoms with Crippen molar-refractivity contribution in [3.05, 3.63) is 42.5 Å². The van der Waals surface area contributed by atoms with Gasteiger partial charge in [-0.15, -0.1) is 0 Å². The molecule has 4 rings (SSSR count). The van der Waals surface area contributed by atoms with Gasteiger partial charge in [0.1, 0.15) is 0 Å². The quantitative estimate of drug-likeness (QED) is 0.682. The zero-order valence-electron chi connectivity index (χ0n) is 9.40. The molecule has 0 spiro atoms. The topological polar surface area (TPSA) is 34.1 Å². The standard InChI is InChI=1S/C13H7F3O2S/c14-13(15,16)19(17,18)11-3-1-2-10-8-4-6-9(7-5-8)12(10)11/h1-7H. The van der Waals surface area contributed by atoms with E-state index >= 15 is 0 Å². The van der Waals surface area contributed by atoms with Crippen LogP contribution in [0.4, 0.5) is 13.2 Å². The SMILES string of the molecule is O=S(=O)(c1cccc2c3ccc(cc3)c12)C(F)(F)F. The van der Waals surface area contributed by atoms with Crippen LogP contribution < -0.4 is 0 Å². The van der Waals surface area contributed by atoms with E-state index in [0.29, 0.717) is 16.2 Å². The molecule has 98 valence electrons. The lowest BCUT2D eigenvalue weighted by Crippen LogP contribution is -2.23. The second-order valence-electron chi connectivity index (χ2n) is 4.21. The molecule has 0 heterocycles. The van der Waals surface area contributed by atoms with Gasteiger partial charge in [-0.2, -0.15) is 13.2 Å². The monoisotopic (exact) mass is 284 g/mol. The van der Waals surface area contributed by atoms with E-state index in [2.05, 4.69) is 0 Å². The minimum Gasteiger partial charge on any atom is -0.214 e. The molecule has 0 saturated heterocycles. The summed E-state index contributed by atoms with van der Waals surface area (Å²) in [6.07, 6.45) is 0. The Kier molecular flexibility index (Phi) is 2.32. The Balaban J connectivity index is 2.49. The van der Waals surface area contributed by atoms with Gasteiger partial charge < -0.3 is 0 Å². The Labute approximate surface area is 106 Å². The Bertz CT molecular complexity index is 846. The maximum atomic E-state index is 12.7. The number of hydrogen-bond acceptors (Lipinski definition) is 2. The molecule has 4 aromatic carbocycles. The lowest BCUT2D eigenvalue weighted by Gasteiger charge is -2.13. The molecule has 0 N–H and O–H groups in total. The average molecular weight is 284 g/mol. The number of halogens is 3. The van der Waals surface area contributed by atoms with Crippen molar-refractivity contribution in [2.75, 3.05) is 0 Å². The molecule has 19 heavy (non-hydrogen) atoms. The van der Waals surface area contributed by atoms with Crippen LogP contribution in [0.2, 0.25) is 0 Å². The molecule has 0 aromatic heterocycles. The molecule has 0 amide bonds. The van der Waals surface area contributed by atoms with Crippen LogP contribution in [-0.2, 0) is 9.84 Å². The Morgan fingerprint density at radius 1 is 0.842 bits per heavy atom. The molecule has 0 radical (unpaired) electrons. The van der Waals surface area contributed by atoms with Crippen LogP contribution in [0.15, 0.2) is 47.4 Å². The maximum absolute atomic E-state index is 12.7. The number of hydrogen-bond donors (Lipinski definition) is 0. The first-order valence-corrected chi connectivity index (χ1v) is 6.86. The summed E-state index contributed by atoms with van der Waals surface area (Å²) in [5.74, 6) is 0. The molecule has 0 atom stereocenters. The molecular weight excluding hydrogens is 277 g/mol. The molecule has 2 nitrogen and oxygen atoms in total. The van der Waals surface area contributed by atoms with Crippen molar-refractivity contribution in [3.63, 3.8) is 0 Å². The predicted octanol–water partition coefficient (Wildman–Crippen LogP) is 3.72. The fourth-order valence-corrected chi connectivity index (χ4v) is 3.24. The molecule has 0 fully saturated rings. The number of alkyl halides is 3. The highest BCUT2D eigenvalue weighted by molar-refractivity contribution is 7.92. The summed E-state index contributed by atoms with van der Waals surface area (Å²) in [5, 5.41) is 1.85. The molecule has 0 saturated carbocycles. The third-order valence-corrected chi connectivity index (χ3v) is 4.63. The van der Waals surface area contributed by atoms with E-state index in [0.717, 1.165) is 6.07 Å². The smallest absolute Gasteiger partial charge is 0.214 e. The molecule has 0 unspecified atom stereocenters. The third kappa shape index (κ3) is 1.59. The van der Waals surface area contributed by atoms with Crippen LogP contribution >= 0.6 is 0 Å². The first-order chi connectivity index (χ1) is 8.82. The van der Waals surface area contributed by atoms with Crippen molar-refractivity contribution in [2.24, 2.45) is 0 Å². The van der Waals surface area contributed by atoms with Gasteiger partial charge in [-0.05, 0) is 22.2 Å². The lowest BCUT2D eigenvalue weighted by atomic mass is 10.00. The minimum atomic E-state index is -5.34. The maximum Gasteiger partial charge on any atom is 0.501 e. The Hall–Kier alpha value is -1.82. The largest absolute Gasteiger partial charge is 0.501 e. The third-order valence-electron chi connectivity index (χ3n) is 3.11. The van der Waals surface area contributed by atoms with Crippen molar-refractivity contribution in [3.8, 4) is 0 Å². The van der Waals surface area contributed by atoms with Crippen LogP contribution in [0.5, 0.6) is 0 Å². The van der Waals surface area contributed by atoms with Crippen molar-refractivity contribution in [1.29, 1.82) is 0 Å². The van der Waals surface area contributed by atoms with E-state index in [1.165, 1.54) is 6.07 Å². The molecule has 0 aliphatic carbocycles. The molecular formula is C13H7F3O2S. The summed E-state index contributed by atoms with van der Waals surface area (Å²) in [4.78, 5) is -0.682. The van der Waals surface area contributed by atoms with Gasteiger partial charge in [0.2, 0.25) is 0 Å². The zero-order chi connectivity index (χ0) is 13.8. The summed E-state index contributed by atoms with van der Waals surface area (Å²) in [5.41, 5.74) is -5.29. The van der Waals surface area contributed by atoms with Crippen molar-refractivity contribution >= 4 is 31.4 Å². The van der Waals surface area contributed by atoms with E-state index in [1.54, 1.807) is 30.3 Å². The number of fused-ring (bicyclic) bond motifs is 2. The normalized spacial score (nSPS) is 13.4. The van der Waals surface area contributed by atoms with Gasteiger partial charge in [0.05, 0.1) is 4.90 Å². The first kappa shape index (κ1) is 12.2. The molecule has 6 heteroatoms. The van der Waals surface area contributed by atoms with Crippen LogP contribution in [0.25, 0.3) is 21.5 Å². The van der Waals surface area contributed by atoms with Crippen molar-refractivity contribution in [1.82, 2.24) is 0 Å². The van der Waals surface area contributed by atoms with Crippen LogP contribution in [0.3, 0.4) is 0 Å². The summed E-state index contributed by atoms with van der Waals surface area (Å²) in [6.45, 7) is 0. The first-order valence-electron chi connectivity index (χ1n) is 5.37. The van der Waals surface area contributed by atoms with Gasteiger partial charge in [0.25, 0.3) is 9.84 Å². The highest BCUT2D eigenvalue weighted by Gasteiger charge is 2.47. The summed E-state index contributed by atoms with van der Waals surface area (Å²) < 4.78 is 61.3. The summed E-state index contributed by atoms with van der Waals surface area (Å²) >= 11 is 0. The van der Waals surface area contributed by atoms with Gasteiger partial charge in [0.15, 0.2) is 0 Å². The fraction of sp³-hybridized carbons (Fsp3) is 0.0769. The van der Waals surface area contributed by atoms with E-state index in [9.17, 15) is 21.6 Å². The Morgan fingerprint density at radius 3 is 2.00 bits per heavy atom. The van der Waals surface area contributed by atoms with Gasteiger partial charge in [-0.1, -0.05) is 36.4 Å². The van der Waals surface area contributed by atoms with E-state index in [-0.39, 0.29) is 5.39 Å². The Morgan fingerprint density at radius 2 is 1.42 bits per heavy atom. The van der Waals surface area contributed by atoms with E-state index in [4.69, 9.17) is 0 Å². The predicted molar refractivity (Wildman–Crippen MR) is 65.9 cm³/mol. The highest BCUT2D eigenvalue weighted by atomic mass is 32.2. The summed E-state index contributed by atoms with van der Waals surface area (Å²) in [6, 6.07) is 10.7. The van der Waals surface area contributed by atoms with E-state index in [1.807, 2.05) is 0 Å². The average Bonchev–Trinajstić information content (AvgIpc) is 2.38. The van der Waals surface area contributed by atoms with Gasteiger partial charge in [0, 0.05) is 5.39 Å². The zero-order valence-corrected chi connectivity index (χ0v) is 10.2. The lowest BCUT2D eigenvalue weighted by molar-refractivity contribution is -0.0435. The van der Waals surface area contributed by atoms with Crippen molar-refractivity contribution < 1.29 is 21.6 Å². The number of sulfone groups is 1. The number of rotatable bonds is 1. The van der Waals surface area contributed by atoms with Crippen LogP contribution in [0.1, 0.15) is 0 Å². The van der Waals surface area contributed by atoms with Crippen LogP contribution in [-0.4, -0.2) is 13.9 Å². The number of benzene rings is 4. The fourth-order valence-electron chi connectivity index (χ4n) is 2.23. The molecule has 2 bridgehead atoms. The second-order valence-corrected chi connectivity index (χ2v) is 6.11. The van der Waals surface area contributed by atoms with Crippen LogP contribution in [0, 0.1) is 0 Å². The van der Waals surface area contributed by atoms with E-state index < -0.39 is 20.2 Å². The van der Waals surface area contributed by atoms with Gasteiger partial charge >= 0.3 is 5.51 Å². The highest BCUT2D eigenvalue weighted by Crippen LogP contribution is 2.38. The minimum absolute atomic E-state index is 0.139. The second kappa shape index (κ2) is 3.60. The molecule has 0 aliphatic rings. The molecule has 0 aliphatic heterocycles. The van der Waals surface area contributed by atoms with Gasteiger partial charge in [-0.3, -0.25) is 0 Å². The van der Waals surface area contributed by atoms with Gasteiger partial charge in [-0.25, -0.2) is 8.42 Å². The van der Waals surface area contributed by atoms with Crippen molar-refractivity contribution in [2.45, 2.75) is 10.4 Å². The molecule has 4 aromatic rings.